The van der Waals surface area contributed by atoms with Gasteiger partial charge in [0.1, 0.15) is 6.10 Å². The van der Waals surface area contributed by atoms with Crippen LogP contribution in [0, 0.1) is 0 Å². The Bertz CT molecular complexity index is 864. The summed E-state index contributed by atoms with van der Waals surface area (Å²) < 4.78 is 7.69. The highest BCUT2D eigenvalue weighted by Crippen LogP contribution is 2.21. The molecule has 2 fully saturated rings. The van der Waals surface area contributed by atoms with Crippen molar-refractivity contribution in [3.63, 3.8) is 0 Å². The zero-order valence-corrected chi connectivity index (χ0v) is 17.1. The lowest BCUT2D eigenvalue weighted by Crippen LogP contribution is -2.51. The van der Waals surface area contributed by atoms with Crippen LogP contribution in [0.4, 0.5) is 5.69 Å². The summed E-state index contributed by atoms with van der Waals surface area (Å²) in [7, 11) is 0. The predicted octanol–water partition coefficient (Wildman–Crippen LogP) is 2.31. The molecule has 1 aromatic carbocycles. The van der Waals surface area contributed by atoms with Gasteiger partial charge in [0, 0.05) is 75.1 Å². The molecule has 0 radical (unpaired) electrons. The van der Waals surface area contributed by atoms with Crippen LogP contribution in [0.2, 0.25) is 0 Å². The highest BCUT2D eigenvalue weighted by molar-refractivity contribution is 5.94. The maximum atomic E-state index is 12.4. The summed E-state index contributed by atoms with van der Waals surface area (Å²) in [4.78, 5) is 28.9. The Morgan fingerprint density at radius 2 is 2.00 bits per heavy atom. The molecule has 0 bridgehead atoms. The third kappa shape index (κ3) is 4.62. The summed E-state index contributed by atoms with van der Waals surface area (Å²) in [5.74, 6) is 0.157. The monoisotopic (exact) mass is 398 g/mol. The van der Waals surface area contributed by atoms with Crippen molar-refractivity contribution in [1.82, 2.24) is 14.4 Å². The SMILES string of the molecule is CCn1ccc2cc(NC(=O)CCN3CCN(C(=O)C4CCCO4)CC3)ccc21. The number of nitrogens with zero attached hydrogens (tertiary/aromatic N) is 3. The van der Waals surface area contributed by atoms with E-state index in [1.54, 1.807) is 0 Å². The van der Waals surface area contributed by atoms with Crippen molar-refractivity contribution in [2.45, 2.75) is 38.8 Å². The number of carbonyl (C=O) groups is 2. The Balaban J connectivity index is 1.21. The molecule has 3 heterocycles. The summed E-state index contributed by atoms with van der Waals surface area (Å²) in [6.45, 7) is 7.50. The number of carbonyl (C=O) groups excluding carboxylic acids is 2. The van der Waals surface area contributed by atoms with Crippen LogP contribution in [0.25, 0.3) is 10.9 Å². The largest absolute Gasteiger partial charge is 0.368 e. The Morgan fingerprint density at radius 3 is 2.72 bits per heavy atom. The van der Waals surface area contributed by atoms with Crippen LogP contribution in [0.5, 0.6) is 0 Å². The first-order valence-electron chi connectivity index (χ1n) is 10.7. The van der Waals surface area contributed by atoms with E-state index in [2.05, 4.69) is 40.0 Å². The van der Waals surface area contributed by atoms with E-state index in [1.807, 2.05) is 17.0 Å². The van der Waals surface area contributed by atoms with Crippen LogP contribution in [0.15, 0.2) is 30.5 Å². The van der Waals surface area contributed by atoms with E-state index in [-0.39, 0.29) is 17.9 Å². The van der Waals surface area contributed by atoms with Crippen molar-refractivity contribution in [1.29, 1.82) is 0 Å². The third-order valence-electron chi connectivity index (χ3n) is 5.94. The molecule has 2 saturated heterocycles. The number of aryl methyl sites for hydroxylation is 1. The fraction of sp³-hybridized carbons (Fsp3) is 0.545. The molecule has 7 nitrogen and oxygen atoms in total. The van der Waals surface area contributed by atoms with Crippen molar-refractivity contribution in [2.24, 2.45) is 0 Å². The Labute approximate surface area is 171 Å². The van der Waals surface area contributed by atoms with Gasteiger partial charge < -0.3 is 19.5 Å². The minimum Gasteiger partial charge on any atom is -0.368 e. The zero-order valence-electron chi connectivity index (χ0n) is 17.1. The fourth-order valence-electron chi connectivity index (χ4n) is 4.20. The number of benzene rings is 1. The Kier molecular flexibility index (Phi) is 6.16. The second-order valence-corrected chi connectivity index (χ2v) is 7.84. The normalized spacial score (nSPS) is 20.3. The van der Waals surface area contributed by atoms with Crippen molar-refractivity contribution in [3.05, 3.63) is 30.5 Å². The van der Waals surface area contributed by atoms with Crippen molar-refractivity contribution < 1.29 is 14.3 Å². The predicted molar refractivity (Wildman–Crippen MR) is 113 cm³/mol. The Hall–Kier alpha value is -2.38. The fourth-order valence-corrected chi connectivity index (χ4v) is 4.20. The van der Waals surface area contributed by atoms with Gasteiger partial charge in [-0.05, 0) is 44.0 Å². The molecule has 1 unspecified atom stereocenters. The number of aromatic nitrogens is 1. The van der Waals surface area contributed by atoms with Crippen LogP contribution in [0.3, 0.4) is 0 Å². The van der Waals surface area contributed by atoms with Crippen LogP contribution >= 0.6 is 0 Å². The van der Waals surface area contributed by atoms with E-state index >= 15 is 0 Å². The van der Waals surface area contributed by atoms with Gasteiger partial charge in [-0.2, -0.15) is 0 Å². The van der Waals surface area contributed by atoms with Crippen LogP contribution in [-0.2, 0) is 20.9 Å². The summed E-state index contributed by atoms with van der Waals surface area (Å²) in [5, 5.41) is 4.14. The molecule has 1 aromatic heterocycles. The molecule has 7 heteroatoms. The van der Waals surface area contributed by atoms with Crippen molar-refractivity contribution in [2.75, 3.05) is 44.6 Å². The quantitative estimate of drug-likeness (QED) is 0.811. The highest BCUT2D eigenvalue weighted by Gasteiger charge is 2.30. The van der Waals surface area contributed by atoms with E-state index in [9.17, 15) is 9.59 Å². The van der Waals surface area contributed by atoms with E-state index in [4.69, 9.17) is 4.74 Å². The molecule has 4 rings (SSSR count). The lowest BCUT2D eigenvalue weighted by Gasteiger charge is -2.35. The van der Waals surface area contributed by atoms with E-state index < -0.39 is 0 Å². The Morgan fingerprint density at radius 1 is 1.17 bits per heavy atom. The van der Waals surface area contributed by atoms with Gasteiger partial charge in [0.15, 0.2) is 0 Å². The number of nitrogens with one attached hydrogen (secondary N) is 1. The van der Waals surface area contributed by atoms with Gasteiger partial charge in [-0.25, -0.2) is 0 Å². The third-order valence-corrected chi connectivity index (χ3v) is 5.94. The van der Waals surface area contributed by atoms with Crippen LogP contribution in [-0.4, -0.2) is 71.6 Å². The standard InChI is InChI=1S/C22H30N4O3/c1-2-25-10-7-17-16-18(5-6-19(17)25)23-21(27)8-9-24-11-13-26(14-12-24)22(28)20-4-3-15-29-20/h5-7,10,16,20H,2-4,8-9,11-15H2,1H3,(H,23,27). The van der Waals surface area contributed by atoms with Crippen molar-refractivity contribution >= 4 is 28.4 Å². The van der Waals surface area contributed by atoms with Gasteiger partial charge in [0.2, 0.25) is 5.91 Å². The molecule has 2 aliphatic heterocycles. The number of hydrogen-bond acceptors (Lipinski definition) is 4. The topological polar surface area (TPSA) is 66.8 Å². The molecule has 2 aromatic rings. The van der Waals surface area contributed by atoms with Crippen molar-refractivity contribution in [3.8, 4) is 0 Å². The molecular weight excluding hydrogens is 368 g/mol. The summed E-state index contributed by atoms with van der Waals surface area (Å²) >= 11 is 0. The number of piperazine rings is 1. The molecule has 156 valence electrons. The summed E-state index contributed by atoms with van der Waals surface area (Å²) in [6.07, 6.45) is 4.10. The van der Waals surface area contributed by atoms with Gasteiger partial charge in [-0.3, -0.25) is 14.5 Å². The number of fused-ring (bicyclic) bond motifs is 1. The minimum absolute atomic E-state index is 0.0251. The molecule has 1 atom stereocenters. The number of anilines is 1. The van der Waals surface area contributed by atoms with Gasteiger partial charge in [-0.1, -0.05) is 0 Å². The number of hydrogen-bond donors (Lipinski definition) is 1. The molecule has 29 heavy (non-hydrogen) atoms. The lowest BCUT2D eigenvalue weighted by molar-refractivity contribution is -0.142. The van der Waals surface area contributed by atoms with Crippen LogP contribution < -0.4 is 5.32 Å². The van der Waals surface area contributed by atoms with E-state index in [1.165, 1.54) is 5.52 Å². The lowest BCUT2D eigenvalue weighted by atomic mass is 10.2. The van der Waals surface area contributed by atoms with E-state index in [0.29, 0.717) is 32.7 Å². The molecule has 0 saturated carbocycles. The molecule has 2 aliphatic rings. The van der Waals surface area contributed by atoms with Crippen LogP contribution in [0.1, 0.15) is 26.2 Å². The first-order valence-corrected chi connectivity index (χ1v) is 10.7. The zero-order chi connectivity index (χ0) is 20.2. The molecule has 0 spiro atoms. The maximum absolute atomic E-state index is 12.4. The molecule has 2 amide bonds. The van der Waals surface area contributed by atoms with Gasteiger partial charge in [0.25, 0.3) is 5.91 Å². The highest BCUT2D eigenvalue weighted by atomic mass is 16.5. The summed E-state index contributed by atoms with van der Waals surface area (Å²) in [5.41, 5.74) is 2.02. The van der Waals surface area contributed by atoms with Gasteiger partial charge >= 0.3 is 0 Å². The number of rotatable bonds is 6. The smallest absolute Gasteiger partial charge is 0.251 e. The average Bonchev–Trinajstić information content (AvgIpc) is 3.42. The molecular formula is C22H30N4O3. The minimum atomic E-state index is -0.237. The first-order chi connectivity index (χ1) is 14.1. The number of amides is 2. The molecule has 1 N–H and O–H groups in total. The van der Waals surface area contributed by atoms with Gasteiger partial charge in [0.05, 0.1) is 0 Å². The second kappa shape index (κ2) is 8.97. The maximum Gasteiger partial charge on any atom is 0.251 e. The molecule has 0 aliphatic carbocycles. The summed E-state index contributed by atoms with van der Waals surface area (Å²) in [6, 6.07) is 8.11. The number of ether oxygens (including phenoxy) is 1. The second-order valence-electron chi connectivity index (χ2n) is 7.84. The first kappa shape index (κ1) is 19.9. The average molecular weight is 399 g/mol. The van der Waals surface area contributed by atoms with E-state index in [0.717, 1.165) is 43.5 Å². The van der Waals surface area contributed by atoms with Gasteiger partial charge in [-0.15, -0.1) is 0 Å².